The van der Waals surface area contributed by atoms with Gasteiger partial charge in [0.2, 0.25) is 10.0 Å². The fourth-order valence-corrected chi connectivity index (χ4v) is 2.79. The Bertz CT molecular complexity index is 936. The van der Waals surface area contributed by atoms with E-state index in [0.29, 0.717) is 23.5 Å². The first-order chi connectivity index (χ1) is 10.9. The summed E-state index contributed by atoms with van der Waals surface area (Å²) in [5.74, 6) is 0.294. The van der Waals surface area contributed by atoms with E-state index in [0.717, 1.165) is 11.8 Å². The molecule has 0 saturated heterocycles. The van der Waals surface area contributed by atoms with Gasteiger partial charge in [0.15, 0.2) is 5.65 Å². The first kappa shape index (κ1) is 15.6. The normalized spacial score (nSPS) is 11.9. The Morgan fingerprint density at radius 3 is 2.65 bits per heavy atom. The maximum atomic E-state index is 13.1. The topological polar surface area (TPSA) is 76.9 Å². The monoisotopic (exact) mass is 334 g/mol. The lowest BCUT2D eigenvalue weighted by atomic mass is 10.2. The highest BCUT2D eigenvalue weighted by molar-refractivity contribution is 7.88. The Balaban J connectivity index is 2.02. The van der Waals surface area contributed by atoms with Gasteiger partial charge in [0, 0.05) is 24.8 Å². The van der Waals surface area contributed by atoms with E-state index < -0.39 is 10.0 Å². The average molecular weight is 334 g/mol. The summed E-state index contributed by atoms with van der Waals surface area (Å²) in [7, 11) is -3.27. The van der Waals surface area contributed by atoms with Gasteiger partial charge in [-0.05, 0) is 36.4 Å². The summed E-state index contributed by atoms with van der Waals surface area (Å²) in [6.07, 6.45) is 2.76. The zero-order valence-electron chi connectivity index (χ0n) is 12.4. The smallest absolute Gasteiger partial charge is 0.208 e. The first-order valence-corrected chi connectivity index (χ1v) is 8.85. The van der Waals surface area contributed by atoms with Gasteiger partial charge in [-0.2, -0.15) is 0 Å². The number of benzene rings is 1. The summed E-state index contributed by atoms with van der Waals surface area (Å²) in [5.41, 5.74) is 2.09. The second-order valence-corrected chi connectivity index (χ2v) is 6.94. The van der Waals surface area contributed by atoms with Gasteiger partial charge < -0.3 is 4.57 Å². The minimum Gasteiger partial charge on any atom is -0.307 e. The van der Waals surface area contributed by atoms with Crippen molar-refractivity contribution in [3.05, 3.63) is 48.4 Å². The molecular weight excluding hydrogens is 319 g/mol. The van der Waals surface area contributed by atoms with Crippen molar-refractivity contribution < 1.29 is 12.8 Å². The maximum absolute atomic E-state index is 13.1. The van der Waals surface area contributed by atoms with E-state index in [1.807, 2.05) is 10.6 Å². The molecule has 1 N–H and O–H groups in total. The second kappa shape index (κ2) is 6.05. The van der Waals surface area contributed by atoms with Gasteiger partial charge in [0.1, 0.15) is 17.2 Å². The molecule has 8 heteroatoms. The number of fused-ring (bicyclic) bond motifs is 1. The van der Waals surface area contributed by atoms with Crippen molar-refractivity contribution in [3.63, 3.8) is 0 Å². The molecule has 0 aliphatic carbocycles. The van der Waals surface area contributed by atoms with Gasteiger partial charge in [-0.3, -0.25) is 0 Å². The van der Waals surface area contributed by atoms with Crippen molar-refractivity contribution in [1.29, 1.82) is 0 Å². The number of sulfonamides is 1. The predicted octanol–water partition coefficient (Wildman–Crippen LogP) is 1.79. The summed E-state index contributed by atoms with van der Waals surface area (Å²) < 4.78 is 39.8. The van der Waals surface area contributed by atoms with Crippen molar-refractivity contribution in [2.24, 2.45) is 0 Å². The van der Waals surface area contributed by atoms with Crippen LogP contribution in [0.25, 0.3) is 22.6 Å². The fraction of sp³-hybridized carbons (Fsp3) is 0.200. The van der Waals surface area contributed by atoms with E-state index in [2.05, 4.69) is 14.7 Å². The molecule has 23 heavy (non-hydrogen) atoms. The molecule has 1 aromatic carbocycles. The molecule has 6 nitrogen and oxygen atoms in total. The largest absolute Gasteiger partial charge is 0.307 e. The number of hydrogen-bond acceptors (Lipinski definition) is 4. The molecule has 0 saturated carbocycles. The molecule has 2 heterocycles. The molecule has 2 aromatic heterocycles. The average Bonchev–Trinajstić information content (AvgIpc) is 2.86. The molecule has 120 valence electrons. The zero-order chi connectivity index (χ0) is 16.4. The second-order valence-electron chi connectivity index (χ2n) is 5.11. The summed E-state index contributed by atoms with van der Waals surface area (Å²) in [5, 5.41) is 0. The molecular formula is C15H15FN4O2S. The van der Waals surface area contributed by atoms with E-state index in [1.165, 1.54) is 12.1 Å². The van der Waals surface area contributed by atoms with E-state index in [4.69, 9.17) is 0 Å². The van der Waals surface area contributed by atoms with Crippen molar-refractivity contribution in [1.82, 2.24) is 19.3 Å². The minimum absolute atomic E-state index is 0.217. The number of imidazole rings is 1. The summed E-state index contributed by atoms with van der Waals surface area (Å²) in [4.78, 5) is 8.84. The molecule has 0 atom stereocenters. The lowest BCUT2D eigenvalue weighted by Gasteiger charge is -2.09. The number of nitrogens with zero attached hydrogens (tertiary/aromatic N) is 3. The molecule has 0 aliphatic heterocycles. The molecule has 0 fully saturated rings. The molecule has 0 bridgehead atoms. The van der Waals surface area contributed by atoms with Crippen molar-refractivity contribution in [3.8, 4) is 11.4 Å². The highest BCUT2D eigenvalue weighted by atomic mass is 32.2. The third kappa shape index (κ3) is 3.54. The highest BCUT2D eigenvalue weighted by Crippen LogP contribution is 2.23. The van der Waals surface area contributed by atoms with Crippen molar-refractivity contribution >= 4 is 21.2 Å². The van der Waals surface area contributed by atoms with Crippen LogP contribution in [0.15, 0.2) is 42.6 Å². The van der Waals surface area contributed by atoms with Crippen LogP contribution in [-0.4, -0.2) is 35.8 Å². The number of rotatable bonds is 5. The van der Waals surface area contributed by atoms with Crippen molar-refractivity contribution in [2.75, 3.05) is 12.8 Å². The van der Waals surface area contributed by atoms with Gasteiger partial charge in [0.25, 0.3) is 0 Å². The van der Waals surface area contributed by atoms with Crippen LogP contribution >= 0.6 is 0 Å². The van der Waals surface area contributed by atoms with Crippen LogP contribution < -0.4 is 4.72 Å². The Hall–Kier alpha value is -2.32. The maximum Gasteiger partial charge on any atom is 0.208 e. The molecule has 0 amide bonds. The van der Waals surface area contributed by atoms with Crippen LogP contribution in [-0.2, 0) is 16.6 Å². The summed E-state index contributed by atoms with van der Waals surface area (Å²) in [6, 6.07) is 9.61. The van der Waals surface area contributed by atoms with Crippen LogP contribution in [0.5, 0.6) is 0 Å². The van der Waals surface area contributed by atoms with Crippen LogP contribution in [0.1, 0.15) is 0 Å². The number of aromatic nitrogens is 3. The van der Waals surface area contributed by atoms with Crippen LogP contribution in [0.4, 0.5) is 4.39 Å². The molecule has 3 aromatic rings. The number of nitrogens with one attached hydrogen (secondary N) is 1. The first-order valence-electron chi connectivity index (χ1n) is 6.96. The third-order valence-electron chi connectivity index (χ3n) is 3.31. The summed E-state index contributed by atoms with van der Waals surface area (Å²) >= 11 is 0. The fourth-order valence-electron chi connectivity index (χ4n) is 2.33. The van der Waals surface area contributed by atoms with Crippen LogP contribution in [0.3, 0.4) is 0 Å². The summed E-state index contributed by atoms with van der Waals surface area (Å²) in [6.45, 7) is 0.586. The number of hydrogen-bond donors (Lipinski definition) is 1. The number of halogens is 1. The molecule has 0 aliphatic rings. The molecule has 0 unspecified atom stereocenters. The van der Waals surface area contributed by atoms with Gasteiger partial charge in [-0.25, -0.2) is 27.5 Å². The van der Waals surface area contributed by atoms with E-state index in [-0.39, 0.29) is 12.4 Å². The minimum atomic E-state index is -3.27. The van der Waals surface area contributed by atoms with Crippen molar-refractivity contribution in [2.45, 2.75) is 6.54 Å². The lowest BCUT2D eigenvalue weighted by Crippen LogP contribution is -2.26. The van der Waals surface area contributed by atoms with E-state index >= 15 is 0 Å². The van der Waals surface area contributed by atoms with Gasteiger partial charge in [-0.15, -0.1) is 0 Å². The Morgan fingerprint density at radius 1 is 1.22 bits per heavy atom. The molecule has 0 spiro atoms. The Labute approximate surface area is 133 Å². The lowest BCUT2D eigenvalue weighted by molar-refractivity contribution is 0.580. The SMILES string of the molecule is CS(=O)(=O)NCCn1c(-c2ccc(F)cc2)nc2cccnc21. The zero-order valence-corrected chi connectivity index (χ0v) is 13.2. The molecule has 3 rings (SSSR count). The van der Waals surface area contributed by atoms with Crippen LogP contribution in [0, 0.1) is 5.82 Å². The van der Waals surface area contributed by atoms with Crippen LogP contribution in [0.2, 0.25) is 0 Å². The van der Waals surface area contributed by atoms with E-state index in [9.17, 15) is 12.8 Å². The third-order valence-corrected chi connectivity index (χ3v) is 4.03. The quantitative estimate of drug-likeness (QED) is 0.772. The van der Waals surface area contributed by atoms with Gasteiger partial charge >= 0.3 is 0 Å². The van der Waals surface area contributed by atoms with E-state index in [1.54, 1.807) is 24.4 Å². The predicted molar refractivity (Wildman–Crippen MR) is 85.8 cm³/mol. The highest BCUT2D eigenvalue weighted by Gasteiger charge is 2.13. The van der Waals surface area contributed by atoms with Gasteiger partial charge in [-0.1, -0.05) is 0 Å². The van der Waals surface area contributed by atoms with Gasteiger partial charge in [0.05, 0.1) is 6.26 Å². The number of pyridine rings is 1. The Kier molecular flexibility index (Phi) is 4.10. The molecule has 0 radical (unpaired) electrons. The Morgan fingerprint density at radius 2 is 1.96 bits per heavy atom. The standard InChI is InChI=1S/C15H15FN4O2S/c1-23(21,22)18-9-10-20-14(11-4-6-12(16)7-5-11)19-13-3-2-8-17-15(13)20/h2-8,18H,9-10H2,1H3.